The summed E-state index contributed by atoms with van der Waals surface area (Å²) in [5.41, 5.74) is 3.71. The van der Waals surface area contributed by atoms with Gasteiger partial charge in [-0.25, -0.2) is 9.59 Å². The SMILES string of the molecule is Cc1cc(C[C@@H](OC(=O)N2CCC(N3CCc4ccccc4NC3=O)CC2)C(=O)N2CCC(N3CCNC(=O)CC3)CC2)cc2c1OCCO2. The number of hydrogen-bond donors (Lipinski definition) is 2. The van der Waals surface area contributed by atoms with Gasteiger partial charge in [-0.3, -0.25) is 14.5 Å². The summed E-state index contributed by atoms with van der Waals surface area (Å²) in [6, 6.07) is 11.9. The first-order valence-electron chi connectivity index (χ1n) is 18.1. The Hall–Kier alpha value is -4.52. The van der Waals surface area contributed by atoms with Crippen LogP contribution in [0.15, 0.2) is 36.4 Å². The molecule has 0 radical (unpaired) electrons. The van der Waals surface area contributed by atoms with E-state index in [4.69, 9.17) is 14.2 Å². The topological polar surface area (TPSA) is 133 Å². The number of para-hydroxylation sites is 1. The molecule has 0 unspecified atom stereocenters. The Balaban J connectivity index is 1.000. The van der Waals surface area contributed by atoms with Crippen LogP contribution in [0.2, 0.25) is 0 Å². The van der Waals surface area contributed by atoms with Crippen LogP contribution in [-0.2, 0) is 27.2 Å². The molecular weight excluding hydrogens is 640 g/mol. The van der Waals surface area contributed by atoms with Crippen LogP contribution in [0.5, 0.6) is 11.5 Å². The molecule has 0 aliphatic carbocycles. The zero-order valence-corrected chi connectivity index (χ0v) is 28.9. The summed E-state index contributed by atoms with van der Waals surface area (Å²) in [4.78, 5) is 60.6. The van der Waals surface area contributed by atoms with E-state index >= 15 is 0 Å². The predicted molar refractivity (Wildman–Crippen MR) is 185 cm³/mol. The number of nitrogens with one attached hydrogen (secondary N) is 2. The van der Waals surface area contributed by atoms with Crippen LogP contribution in [0, 0.1) is 6.92 Å². The van der Waals surface area contributed by atoms with E-state index in [-0.39, 0.29) is 30.3 Å². The van der Waals surface area contributed by atoms with Crippen LogP contribution in [-0.4, -0.2) is 127 Å². The fourth-order valence-electron chi connectivity index (χ4n) is 8.01. The lowest BCUT2D eigenvalue weighted by Crippen LogP contribution is -2.52. The summed E-state index contributed by atoms with van der Waals surface area (Å²) in [6.45, 7) is 7.65. The van der Waals surface area contributed by atoms with Crippen molar-refractivity contribution in [2.24, 2.45) is 0 Å². The highest BCUT2D eigenvalue weighted by Crippen LogP contribution is 2.35. The lowest BCUT2D eigenvalue weighted by atomic mass is 9.99. The van der Waals surface area contributed by atoms with Crippen molar-refractivity contribution in [1.82, 2.24) is 24.9 Å². The molecule has 5 aliphatic rings. The Kier molecular flexibility index (Phi) is 10.3. The Morgan fingerprint density at radius 1 is 0.880 bits per heavy atom. The van der Waals surface area contributed by atoms with Gasteiger partial charge < -0.3 is 39.5 Å². The quantitative estimate of drug-likeness (QED) is 0.473. The molecule has 5 aliphatic heterocycles. The van der Waals surface area contributed by atoms with E-state index in [0.29, 0.717) is 89.3 Å². The minimum atomic E-state index is -1.01. The molecule has 3 fully saturated rings. The van der Waals surface area contributed by atoms with E-state index in [9.17, 15) is 19.2 Å². The fourth-order valence-corrected chi connectivity index (χ4v) is 8.01. The third-order valence-corrected chi connectivity index (χ3v) is 10.8. The number of benzene rings is 2. The summed E-state index contributed by atoms with van der Waals surface area (Å²) >= 11 is 0. The standard InChI is InChI=1S/C37H48N6O7/c1-25-22-26(23-31-34(25)49-21-20-48-31)24-32(35(45)41-13-7-28(8-14-41)40-17-11-33(44)38-12-19-40)50-37(47)42-15-9-29(10-16-42)43-18-6-27-4-2-3-5-30(27)39-36(43)46/h2-5,22-23,28-29,32H,6-21,24H2,1H3,(H,38,44)(H,39,46)/t32-/m1/s1. The number of aryl methyl sites for hydroxylation is 1. The molecule has 0 saturated carbocycles. The molecule has 5 amide bonds. The Morgan fingerprint density at radius 2 is 1.62 bits per heavy atom. The number of carbonyl (C=O) groups is 4. The number of anilines is 1. The van der Waals surface area contributed by atoms with Gasteiger partial charge in [-0.05, 0) is 67.9 Å². The molecule has 13 nitrogen and oxygen atoms in total. The smallest absolute Gasteiger partial charge is 0.410 e. The van der Waals surface area contributed by atoms with Gasteiger partial charge in [-0.2, -0.15) is 0 Å². The molecule has 2 N–H and O–H groups in total. The van der Waals surface area contributed by atoms with Crippen LogP contribution in [0.1, 0.15) is 48.8 Å². The van der Waals surface area contributed by atoms with E-state index in [1.54, 1.807) is 4.90 Å². The molecular formula is C37H48N6O7. The molecule has 1 atom stereocenters. The molecule has 2 aromatic rings. The second-order valence-corrected chi connectivity index (χ2v) is 14.0. The van der Waals surface area contributed by atoms with E-state index < -0.39 is 12.2 Å². The van der Waals surface area contributed by atoms with Crippen molar-refractivity contribution in [2.45, 2.75) is 70.1 Å². The minimum Gasteiger partial charge on any atom is -0.486 e. The summed E-state index contributed by atoms with van der Waals surface area (Å²) in [5.74, 6) is 1.23. The number of nitrogens with zero attached hydrogens (tertiary/aromatic N) is 4. The lowest BCUT2D eigenvalue weighted by molar-refractivity contribution is -0.142. The summed E-state index contributed by atoms with van der Waals surface area (Å²) < 4.78 is 17.8. The van der Waals surface area contributed by atoms with Gasteiger partial charge in [0.25, 0.3) is 5.91 Å². The first-order chi connectivity index (χ1) is 24.3. The van der Waals surface area contributed by atoms with Crippen LogP contribution in [0.4, 0.5) is 15.3 Å². The van der Waals surface area contributed by atoms with Crippen LogP contribution in [0.25, 0.3) is 0 Å². The summed E-state index contributed by atoms with van der Waals surface area (Å²) in [6.07, 6.45) is 2.81. The molecule has 0 aromatic heterocycles. The van der Waals surface area contributed by atoms with Crippen molar-refractivity contribution in [1.29, 1.82) is 0 Å². The van der Waals surface area contributed by atoms with Crippen molar-refractivity contribution in [3.8, 4) is 11.5 Å². The number of amides is 5. The van der Waals surface area contributed by atoms with Gasteiger partial charge in [0.1, 0.15) is 13.2 Å². The number of piperidine rings is 2. The van der Waals surface area contributed by atoms with Gasteiger partial charge >= 0.3 is 12.1 Å². The molecule has 50 heavy (non-hydrogen) atoms. The minimum absolute atomic E-state index is 0.00544. The summed E-state index contributed by atoms with van der Waals surface area (Å²) in [5, 5.41) is 5.99. The predicted octanol–water partition coefficient (Wildman–Crippen LogP) is 3.18. The normalized spacial score (nSPS) is 21.3. The Morgan fingerprint density at radius 3 is 2.44 bits per heavy atom. The highest BCUT2D eigenvalue weighted by Gasteiger charge is 2.36. The number of carbonyl (C=O) groups excluding carboxylic acids is 4. The third-order valence-electron chi connectivity index (χ3n) is 10.8. The third kappa shape index (κ3) is 7.62. The molecule has 7 rings (SSSR count). The maximum atomic E-state index is 14.2. The highest BCUT2D eigenvalue weighted by molar-refractivity contribution is 5.91. The van der Waals surface area contributed by atoms with Gasteiger partial charge in [0.2, 0.25) is 5.91 Å². The van der Waals surface area contributed by atoms with E-state index in [1.807, 2.05) is 53.1 Å². The lowest BCUT2D eigenvalue weighted by Gasteiger charge is -2.39. The molecule has 3 saturated heterocycles. The van der Waals surface area contributed by atoms with Gasteiger partial charge in [-0.1, -0.05) is 24.3 Å². The van der Waals surface area contributed by atoms with Crippen LogP contribution < -0.4 is 20.1 Å². The Labute approximate surface area is 293 Å². The van der Waals surface area contributed by atoms with Gasteiger partial charge in [0, 0.05) is 83.0 Å². The zero-order valence-electron chi connectivity index (χ0n) is 28.9. The number of likely N-dealkylation sites (tertiary alicyclic amines) is 2. The summed E-state index contributed by atoms with van der Waals surface area (Å²) in [7, 11) is 0. The Bertz CT molecular complexity index is 1590. The number of urea groups is 1. The van der Waals surface area contributed by atoms with Gasteiger partial charge in [0.05, 0.1) is 0 Å². The second-order valence-electron chi connectivity index (χ2n) is 14.0. The molecule has 5 heterocycles. The van der Waals surface area contributed by atoms with E-state index in [2.05, 4.69) is 15.5 Å². The number of rotatable bonds is 6. The van der Waals surface area contributed by atoms with Crippen molar-refractivity contribution in [3.63, 3.8) is 0 Å². The molecule has 13 heteroatoms. The molecule has 0 bridgehead atoms. The maximum Gasteiger partial charge on any atom is 0.410 e. The molecule has 0 spiro atoms. The van der Waals surface area contributed by atoms with Crippen LogP contribution >= 0.6 is 0 Å². The van der Waals surface area contributed by atoms with Crippen LogP contribution in [0.3, 0.4) is 0 Å². The van der Waals surface area contributed by atoms with Gasteiger partial charge in [0.15, 0.2) is 17.6 Å². The molecule has 2 aromatic carbocycles. The number of ether oxygens (including phenoxy) is 3. The first kappa shape index (κ1) is 34.0. The van der Waals surface area contributed by atoms with E-state index in [1.165, 1.54) is 0 Å². The largest absolute Gasteiger partial charge is 0.486 e. The zero-order chi connectivity index (χ0) is 34.6. The number of hydrogen-bond acceptors (Lipinski definition) is 8. The first-order valence-corrected chi connectivity index (χ1v) is 18.1. The van der Waals surface area contributed by atoms with E-state index in [0.717, 1.165) is 54.7 Å². The highest BCUT2D eigenvalue weighted by atomic mass is 16.6. The average Bonchev–Trinajstić information content (AvgIpc) is 3.46. The van der Waals surface area contributed by atoms with Gasteiger partial charge in [-0.15, -0.1) is 0 Å². The number of fused-ring (bicyclic) bond motifs is 2. The van der Waals surface area contributed by atoms with Crippen molar-refractivity contribution >= 4 is 29.6 Å². The monoisotopic (exact) mass is 688 g/mol. The van der Waals surface area contributed by atoms with Crippen molar-refractivity contribution in [3.05, 3.63) is 53.1 Å². The fraction of sp³-hybridized carbons (Fsp3) is 0.568. The van der Waals surface area contributed by atoms with Crippen molar-refractivity contribution < 1.29 is 33.4 Å². The molecule has 268 valence electrons. The van der Waals surface area contributed by atoms with Crippen molar-refractivity contribution in [2.75, 3.05) is 70.9 Å². The maximum absolute atomic E-state index is 14.2. The average molecular weight is 689 g/mol. The second kappa shape index (κ2) is 15.2.